The normalized spacial score (nSPS) is 9.67. The molecule has 0 fully saturated rings. The quantitative estimate of drug-likeness (QED) is 0.891. The van der Waals surface area contributed by atoms with E-state index in [1.165, 1.54) is 11.3 Å². The van der Waals surface area contributed by atoms with Crippen molar-refractivity contribution < 1.29 is 14.3 Å². The van der Waals surface area contributed by atoms with E-state index in [2.05, 4.69) is 15.0 Å². The molecule has 106 valence electrons. The van der Waals surface area contributed by atoms with Crippen molar-refractivity contribution in [2.45, 2.75) is 0 Å². The van der Waals surface area contributed by atoms with Crippen LogP contribution in [0.3, 0.4) is 0 Å². The summed E-state index contributed by atoms with van der Waals surface area (Å²) in [5.41, 5.74) is 6.71. The predicted molar refractivity (Wildman–Crippen MR) is 76.4 cm³/mol. The van der Waals surface area contributed by atoms with Gasteiger partial charge in [-0.1, -0.05) is 12.1 Å². The summed E-state index contributed by atoms with van der Waals surface area (Å²) in [5.74, 6) is -0.527. The van der Waals surface area contributed by atoms with Gasteiger partial charge < -0.3 is 10.5 Å². The second-order valence-corrected chi connectivity index (χ2v) is 4.74. The molecule has 0 aliphatic carbocycles. The van der Waals surface area contributed by atoms with Crippen LogP contribution in [0.25, 0.3) is 11.3 Å². The van der Waals surface area contributed by atoms with Crippen LogP contribution in [-0.2, 0) is 9.53 Å². The number of carbonyl (C=O) groups is 2. The van der Waals surface area contributed by atoms with Crippen molar-refractivity contribution in [3.05, 3.63) is 35.2 Å². The lowest BCUT2D eigenvalue weighted by atomic mass is 10.1. The molecule has 0 saturated carbocycles. The van der Waals surface area contributed by atoms with Crippen molar-refractivity contribution >= 4 is 28.5 Å². The summed E-state index contributed by atoms with van der Waals surface area (Å²) in [7, 11) is 0. The largest absolute Gasteiger partial charge is 0.440 e. The summed E-state index contributed by atoms with van der Waals surface area (Å²) in [6, 6.07) is 9.02. The van der Waals surface area contributed by atoms with Gasteiger partial charge in [-0.15, -0.1) is 11.3 Å². The first-order valence-electron chi connectivity index (χ1n) is 5.76. The fraction of sp³-hybridized carbons (Fsp3) is 0.0769. The molecular formula is C13H10N4O3S. The van der Waals surface area contributed by atoms with Gasteiger partial charge in [-0.2, -0.15) is 5.26 Å². The Hall–Kier alpha value is -2.92. The summed E-state index contributed by atoms with van der Waals surface area (Å²) in [5, 5.41) is 13.5. The molecular weight excluding hydrogens is 292 g/mol. The van der Waals surface area contributed by atoms with Crippen LogP contribution in [0, 0.1) is 11.3 Å². The Morgan fingerprint density at radius 2 is 2.29 bits per heavy atom. The standard InChI is InChI=1S/C13H10N4O3S/c14-5-8-2-1-3-9(4-8)10-7-21-13(16-10)17-11(18)6-20-12(15)19/h1-4,7H,6H2,(H2,15,19)(H,16,17,18). The number of thiazole rings is 1. The molecule has 0 saturated heterocycles. The smallest absolute Gasteiger partial charge is 0.405 e. The highest BCUT2D eigenvalue weighted by Crippen LogP contribution is 2.25. The summed E-state index contributed by atoms with van der Waals surface area (Å²) in [6.07, 6.45) is -1.02. The number of hydrogen-bond donors (Lipinski definition) is 2. The van der Waals surface area contributed by atoms with Crippen LogP contribution in [0.1, 0.15) is 5.56 Å². The Morgan fingerprint density at radius 3 is 3.00 bits per heavy atom. The molecule has 0 bridgehead atoms. The number of anilines is 1. The fourth-order valence-electron chi connectivity index (χ4n) is 1.50. The molecule has 0 aliphatic heterocycles. The zero-order chi connectivity index (χ0) is 15.2. The van der Waals surface area contributed by atoms with Crippen LogP contribution in [0.15, 0.2) is 29.6 Å². The van der Waals surface area contributed by atoms with Crippen molar-refractivity contribution in [1.29, 1.82) is 5.26 Å². The number of ether oxygens (including phenoxy) is 1. The van der Waals surface area contributed by atoms with E-state index in [-0.39, 0.29) is 0 Å². The summed E-state index contributed by atoms with van der Waals surface area (Å²) < 4.78 is 4.37. The monoisotopic (exact) mass is 302 g/mol. The first kappa shape index (κ1) is 14.5. The number of primary amides is 1. The fourth-order valence-corrected chi connectivity index (χ4v) is 2.24. The summed E-state index contributed by atoms with van der Waals surface area (Å²) in [4.78, 5) is 26.1. The van der Waals surface area contributed by atoms with Crippen LogP contribution in [0.2, 0.25) is 0 Å². The number of rotatable bonds is 4. The molecule has 1 aromatic carbocycles. The number of nitriles is 1. The minimum atomic E-state index is -1.02. The number of nitrogens with one attached hydrogen (secondary N) is 1. The van der Waals surface area contributed by atoms with Crippen molar-refractivity contribution in [2.75, 3.05) is 11.9 Å². The number of carbonyl (C=O) groups excluding carboxylic acids is 2. The van der Waals surface area contributed by atoms with Gasteiger partial charge in [0.2, 0.25) is 0 Å². The lowest BCUT2D eigenvalue weighted by Crippen LogP contribution is -2.23. The molecule has 0 radical (unpaired) electrons. The van der Waals surface area contributed by atoms with Crippen LogP contribution in [-0.4, -0.2) is 23.6 Å². The number of nitrogens with two attached hydrogens (primary N) is 1. The maximum Gasteiger partial charge on any atom is 0.405 e. The van der Waals surface area contributed by atoms with Gasteiger partial charge in [0.15, 0.2) is 11.7 Å². The molecule has 0 spiro atoms. The molecule has 0 unspecified atom stereocenters. The topological polar surface area (TPSA) is 118 Å². The van der Waals surface area contributed by atoms with Crippen LogP contribution < -0.4 is 11.1 Å². The van der Waals surface area contributed by atoms with Gasteiger partial charge >= 0.3 is 6.09 Å². The molecule has 8 heteroatoms. The van der Waals surface area contributed by atoms with Gasteiger partial charge in [-0.3, -0.25) is 10.1 Å². The van der Waals surface area contributed by atoms with Gasteiger partial charge in [0.05, 0.1) is 17.3 Å². The van der Waals surface area contributed by atoms with E-state index < -0.39 is 18.6 Å². The van der Waals surface area contributed by atoms with E-state index >= 15 is 0 Å². The minimum absolute atomic E-state index is 0.366. The highest BCUT2D eigenvalue weighted by molar-refractivity contribution is 7.14. The van der Waals surface area contributed by atoms with Crippen LogP contribution in [0.5, 0.6) is 0 Å². The first-order valence-corrected chi connectivity index (χ1v) is 6.64. The maximum absolute atomic E-state index is 11.4. The van der Waals surface area contributed by atoms with Gasteiger partial charge in [0, 0.05) is 10.9 Å². The molecule has 3 N–H and O–H groups in total. The zero-order valence-corrected chi connectivity index (χ0v) is 11.5. The van der Waals surface area contributed by atoms with Crippen molar-refractivity contribution in [3.8, 4) is 17.3 Å². The minimum Gasteiger partial charge on any atom is -0.440 e. The molecule has 2 rings (SSSR count). The average Bonchev–Trinajstić information content (AvgIpc) is 2.93. The van der Waals surface area contributed by atoms with Crippen molar-refractivity contribution in [2.24, 2.45) is 5.73 Å². The van der Waals surface area contributed by atoms with E-state index in [9.17, 15) is 9.59 Å². The summed E-state index contributed by atoms with van der Waals surface area (Å²) in [6.45, 7) is -0.464. The molecule has 1 heterocycles. The molecule has 2 aromatic rings. The zero-order valence-electron chi connectivity index (χ0n) is 10.7. The Bertz CT molecular complexity index is 720. The first-order chi connectivity index (χ1) is 10.1. The van der Waals surface area contributed by atoms with Gasteiger partial charge in [-0.25, -0.2) is 9.78 Å². The third-order valence-corrected chi connectivity index (χ3v) is 3.14. The number of hydrogen-bond acceptors (Lipinski definition) is 6. The van der Waals surface area contributed by atoms with Gasteiger partial charge in [0.1, 0.15) is 0 Å². The predicted octanol–water partition coefficient (Wildman–Crippen LogP) is 1.72. The lowest BCUT2D eigenvalue weighted by Gasteiger charge is -2.01. The van der Waals surface area contributed by atoms with Crippen molar-refractivity contribution in [3.63, 3.8) is 0 Å². The molecule has 2 amide bonds. The van der Waals surface area contributed by atoms with Crippen LogP contribution >= 0.6 is 11.3 Å². The number of nitrogens with zero attached hydrogens (tertiary/aromatic N) is 2. The molecule has 1 aromatic heterocycles. The number of amides is 2. The van der Waals surface area contributed by atoms with E-state index in [1.807, 2.05) is 12.1 Å². The third kappa shape index (κ3) is 4.02. The highest BCUT2D eigenvalue weighted by atomic mass is 32.1. The Balaban J connectivity index is 2.06. The van der Waals surface area contributed by atoms with Gasteiger partial charge in [0.25, 0.3) is 5.91 Å². The van der Waals surface area contributed by atoms with E-state index in [1.54, 1.807) is 23.6 Å². The van der Waals surface area contributed by atoms with E-state index in [4.69, 9.17) is 11.0 Å². The lowest BCUT2D eigenvalue weighted by molar-refractivity contribution is -0.118. The third-order valence-electron chi connectivity index (χ3n) is 2.38. The molecule has 7 nitrogen and oxygen atoms in total. The average molecular weight is 302 g/mol. The Morgan fingerprint density at radius 1 is 1.48 bits per heavy atom. The van der Waals surface area contributed by atoms with Crippen LogP contribution in [0.4, 0.5) is 9.93 Å². The second kappa shape index (κ2) is 6.49. The Labute approximate surface area is 124 Å². The summed E-state index contributed by atoms with van der Waals surface area (Å²) >= 11 is 1.22. The molecule has 0 aliphatic rings. The molecule has 0 atom stereocenters. The highest BCUT2D eigenvalue weighted by Gasteiger charge is 2.09. The number of aromatic nitrogens is 1. The Kier molecular flexibility index (Phi) is 4.48. The second-order valence-electron chi connectivity index (χ2n) is 3.89. The molecule has 21 heavy (non-hydrogen) atoms. The van der Waals surface area contributed by atoms with Crippen molar-refractivity contribution in [1.82, 2.24) is 4.98 Å². The van der Waals surface area contributed by atoms with Gasteiger partial charge in [-0.05, 0) is 12.1 Å². The SMILES string of the molecule is N#Cc1cccc(-c2csc(NC(=O)COC(N)=O)n2)c1. The maximum atomic E-state index is 11.4. The van der Waals surface area contributed by atoms with E-state index in [0.717, 1.165) is 5.56 Å². The van der Waals surface area contributed by atoms with E-state index in [0.29, 0.717) is 16.4 Å². The number of benzene rings is 1.